The molecule has 1 fully saturated rings. The van der Waals surface area contributed by atoms with Crippen LogP contribution in [-0.2, 0) is 0 Å². The lowest BCUT2D eigenvalue weighted by Crippen LogP contribution is -2.43. The number of rotatable bonds is 2. The molecule has 0 aliphatic heterocycles. The van der Waals surface area contributed by atoms with Crippen LogP contribution >= 0.6 is 0 Å². The van der Waals surface area contributed by atoms with Crippen LogP contribution in [0.15, 0.2) is 12.4 Å². The molecule has 1 aliphatic carbocycles. The Bertz CT molecular complexity index is 508. The van der Waals surface area contributed by atoms with Gasteiger partial charge in [0.05, 0.1) is 12.4 Å². The van der Waals surface area contributed by atoms with E-state index in [0.717, 1.165) is 18.7 Å². The van der Waals surface area contributed by atoms with Gasteiger partial charge in [-0.1, -0.05) is 12.8 Å². The molecule has 2 aromatic heterocycles. The molecule has 3 N–H and O–H groups in total. The quantitative estimate of drug-likeness (QED) is 0.769. The SMILES string of the molecule is NC1CCCCC1Nc1cncc2nnnn12. The molecule has 0 radical (unpaired) electrons. The average molecular weight is 233 g/mol. The van der Waals surface area contributed by atoms with E-state index >= 15 is 0 Å². The summed E-state index contributed by atoms with van der Waals surface area (Å²) in [6.07, 6.45) is 7.93. The summed E-state index contributed by atoms with van der Waals surface area (Å²) in [6.45, 7) is 0. The number of fused-ring (bicyclic) bond motifs is 1. The molecule has 0 bridgehead atoms. The number of hydrogen-bond donors (Lipinski definition) is 2. The largest absolute Gasteiger partial charge is 0.364 e. The van der Waals surface area contributed by atoms with Gasteiger partial charge in [0.1, 0.15) is 0 Å². The third kappa shape index (κ3) is 1.93. The number of tetrazole rings is 1. The molecule has 2 unspecified atom stereocenters. The number of aromatic nitrogens is 5. The molecule has 0 saturated heterocycles. The predicted molar refractivity (Wildman–Crippen MR) is 62.4 cm³/mol. The Labute approximate surface area is 98.4 Å². The highest BCUT2D eigenvalue weighted by Crippen LogP contribution is 2.20. The van der Waals surface area contributed by atoms with Crippen LogP contribution in [-0.4, -0.2) is 37.1 Å². The zero-order chi connectivity index (χ0) is 11.7. The molecule has 0 aromatic carbocycles. The van der Waals surface area contributed by atoms with E-state index < -0.39 is 0 Å². The van der Waals surface area contributed by atoms with Crippen LogP contribution in [0.1, 0.15) is 25.7 Å². The van der Waals surface area contributed by atoms with Gasteiger partial charge in [-0.25, -0.2) is 0 Å². The van der Waals surface area contributed by atoms with Crippen LogP contribution in [0.4, 0.5) is 5.82 Å². The minimum absolute atomic E-state index is 0.190. The van der Waals surface area contributed by atoms with Gasteiger partial charge < -0.3 is 11.1 Å². The summed E-state index contributed by atoms with van der Waals surface area (Å²) in [5.41, 5.74) is 6.74. The zero-order valence-corrected chi connectivity index (χ0v) is 9.45. The zero-order valence-electron chi connectivity index (χ0n) is 9.45. The second-order valence-corrected chi connectivity index (χ2v) is 4.44. The fourth-order valence-corrected chi connectivity index (χ4v) is 2.30. The van der Waals surface area contributed by atoms with E-state index in [1.165, 1.54) is 12.8 Å². The van der Waals surface area contributed by atoms with Crippen molar-refractivity contribution in [3.8, 4) is 0 Å². The Morgan fingerprint density at radius 3 is 3.06 bits per heavy atom. The fourth-order valence-electron chi connectivity index (χ4n) is 2.30. The van der Waals surface area contributed by atoms with Crippen molar-refractivity contribution in [2.24, 2.45) is 5.73 Å². The molecule has 7 nitrogen and oxygen atoms in total. The average Bonchev–Trinajstić information content (AvgIpc) is 2.81. The predicted octanol–water partition coefficient (Wildman–Crippen LogP) is 0.201. The van der Waals surface area contributed by atoms with Crippen LogP contribution in [0.25, 0.3) is 5.65 Å². The molecule has 2 aromatic rings. The maximum Gasteiger partial charge on any atom is 0.199 e. The number of nitrogens with zero attached hydrogens (tertiary/aromatic N) is 5. The maximum atomic E-state index is 6.10. The highest BCUT2D eigenvalue weighted by molar-refractivity contribution is 5.44. The number of hydrogen-bond acceptors (Lipinski definition) is 6. The van der Waals surface area contributed by atoms with Gasteiger partial charge in [0, 0.05) is 12.1 Å². The molecule has 2 atom stereocenters. The maximum absolute atomic E-state index is 6.10. The molecule has 1 saturated carbocycles. The lowest BCUT2D eigenvalue weighted by atomic mass is 9.91. The molecular weight excluding hydrogens is 218 g/mol. The molecule has 7 heteroatoms. The standard InChI is InChI=1S/C10H15N7/c11-7-3-1-2-4-8(7)13-9-5-12-6-10-14-15-16-17(9)10/h5-8,13H,1-4,11H2. The van der Waals surface area contributed by atoms with E-state index in [-0.39, 0.29) is 12.1 Å². The van der Waals surface area contributed by atoms with Crippen molar-refractivity contribution in [2.45, 2.75) is 37.8 Å². The highest BCUT2D eigenvalue weighted by atomic mass is 15.5. The summed E-state index contributed by atoms with van der Waals surface area (Å²) in [5.74, 6) is 0.801. The summed E-state index contributed by atoms with van der Waals surface area (Å²) in [4.78, 5) is 4.11. The topological polar surface area (TPSA) is 94.0 Å². The van der Waals surface area contributed by atoms with E-state index in [0.29, 0.717) is 5.65 Å². The van der Waals surface area contributed by atoms with Gasteiger partial charge in [0.2, 0.25) is 0 Å². The summed E-state index contributed by atoms with van der Waals surface area (Å²) in [6, 6.07) is 0.468. The molecule has 3 rings (SSSR count). The second kappa shape index (κ2) is 4.25. The Morgan fingerprint density at radius 2 is 2.18 bits per heavy atom. The van der Waals surface area contributed by atoms with Crippen molar-refractivity contribution in [1.82, 2.24) is 25.0 Å². The Morgan fingerprint density at radius 1 is 1.29 bits per heavy atom. The Balaban J connectivity index is 1.86. The van der Waals surface area contributed by atoms with Crippen molar-refractivity contribution in [3.05, 3.63) is 12.4 Å². The van der Waals surface area contributed by atoms with Gasteiger partial charge in [-0.2, -0.15) is 4.52 Å². The van der Waals surface area contributed by atoms with E-state index in [9.17, 15) is 0 Å². The van der Waals surface area contributed by atoms with Gasteiger partial charge in [-0.15, -0.1) is 5.10 Å². The lowest BCUT2D eigenvalue weighted by Gasteiger charge is -2.29. The van der Waals surface area contributed by atoms with Crippen LogP contribution in [0.3, 0.4) is 0 Å². The number of anilines is 1. The molecule has 0 amide bonds. The van der Waals surface area contributed by atoms with Gasteiger partial charge in [0.25, 0.3) is 0 Å². The van der Waals surface area contributed by atoms with E-state index in [1.54, 1.807) is 16.9 Å². The minimum Gasteiger partial charge on any atom is -0.364 e. The molecule has 1 aliphatic rings. The van der Waals surface area contributed by atoms with Crippen LogP contribution in [0, 0.1) is 0 Å². The Kier molecular flexibility index (Phi) is 2.60. The first-order valence-electron chi connectivity index (χ1n) is 5.89. The second-order valence-electron chi connectivity index (χ2n) is 4.44. The van der Waals surface area contributed by atoms with Gasteiger partial charge >= 0.3 is 0 Å². The molecule has 17 heavy (non-hydrogen) atoms. The van der Waals surface area contributed by atoms with Gasteiger partial charge in [0.15, 0.2) is 11.5 Å². The van der Waals surface area contributed by atoms with E-state index in [1.807, 2.05) is 0 Å². The van der Waals surface area contributed by atoms with Crippen molar-refractivity contribution in [3.63, 3.8) is 0 Å². The first kappa shape index (κ1) is 10.4. The highest BCUT2D eigenvalue weighted by Gasteiger charge is 2.22. The van der Waals surface area contributed by atoms with E-state index in [4.69, 9.17) is 5.73 Å². The Hall–Kier alpha value is -1.76. The molecule has 90 valence electrons. The first-order valence-corrected chi connectivity index (χ1v) is 5.89. The van der Waals surface area contributed by atoms with E-state index in [2.05, 4.69) is 25.8 Å². The van der Waals surface area contributed by atoms with Crippen LogP contribution in [0.5, 0.6) is 0 Å². The summed E-state index contributed by atoms with van der Waals surface area (Å²) < 4.78 is 1.65. The normalized spacial score (nSPS) is 25.0. The fraction of sp³-hybridized carbons (Fsp3) is 0.600. The lowest BCUT2D eigenvalue weighted by molar-refractivity contribution is 0.402. The summed E-state index contributed by atoms with van der Waals surface area (Å²) >= 11 is 0. The van der Waals surface area contributed by atoms with Crippen molar-refractivity contribution < 1.29 is 0 Å². The third-order valence-electron chi connectivity index (χ3n) is 3.26. The van der Waals surface area contributed by atoms with Gasteiger partial charge in [-0.3, -0.25) is 4.98 Å². The van der Waals surface area contributed by atoms with Crippen molar-refractivity contribution in [2.75, 3.05) is 5.32 Å². The smallest absolute Gasteiger partial charge is 0.199 e. The summed E-state index contributed by atoms with van der Waals surface area (Å²) in [7, 11) is 0. The molecular formula is C10H15N7. The van der Waals surface area contributed by atoms with Gasteiger partial charge in [-0.05, 0) is 23.3 Å². The van der Waals surface area contributed by atoms with Crippen molar-refractivity contribution in [1.29, 1.82) is 0 Å². The van der Waals surface area contributed by atoms with Crippen molar-refractivity contribution >= 4 is 11.5 Å². The van der Waals surface area contributed by atoms with Crippen LogP contribution < -0.4 is 11.1 Å². The molecule has 2 heterocycles. The minimum atomic E-state index is 0.190. The third-order valence-corrected chi connectivity index (χ3v) is 3.26. The first-order chi connectivity index (χ1) is 8.34. The summed E-state index contributed by atoms with van der Waals surface area (Å²) in [5, 5.41) is 14.8. The monoisotopic (exact) mass is 233 g/mol. The molecule has 0 spiro atoms. The number of nitrogens with one attached hydrogen (secondary N) is 1. The number of nitrogens with two attached hydrogens (primary N) is 1. The van der Waals surface area contributed by atoms with Crippen LogP contribution in [0.2, 0.25) is 0 Å².